The van der Waals surface area contributed by atoms with E-state index in [2.05, 4.69) is 70.9 Å². The fourth-order valence-electron chi connectivity index (χ4n) is 5.10. The summed E-state index contributed by atoms with van der Waals surface area (Å²) in [4.78, 5) is 19.3. The van der Waals surface area contributed by atoms with Crippen molar-refractivity contribution < 1.29 is 4.79 Å². The molecule has 1 aromatic heterocycles. The molecule has 0 N–H and O–H groups in total. The van der Waals surface area contributed by atoms with Gasteiger partial charge in [-0.25, -0.2) is 0 Å². The second-order valence-electron chi connectivity index (χ2n) is 9.43. The van der Waals surface area contributed by atoms with Gasteiger partial charge in [-0.2, -0.15) is 5.10 Å². The molecule has 0 radical (unpaired) electrons. The lowest BCUT2D eigenvalue weighted by Gasteiger charge is -2.40. The number of hydrogen-bond donors (Lipinski definition) is 0. The van der Waals surface area contributed by atoms with Crippen molar-refractivity contribution in [2.75, 3.05) is 26.4 Å². The second-order valence-corrected chi connectivity index (χ2v) is 10.3. The summed E-state index contributed by atoms with van der Waals surface area (Å²) in [7, 11) is 3.82. The number of carbonyl (C=O) groups is 1. The maximum absolute atomic E-state index is 13.5. The van der Waals surface area contributed by atoms with Gasteiger partial charge in [0.05, 0.1) is 5.69 Å². The molecule has 1 amide bonds. The molecule has 0 aliphatic carbocycles. The number of aromatic nitrogens is 2. The summed E-state index contributed by atoms with van der Waals surface area (Å²) in [6, 6.07) is 21.5. The molecular weight excluding hydrogens is 440 g/mol. The van der Waals surface area contributed by atoms with Crippen molar-refractivity contribution in [3.05, 3.63) is 83.2 Å². The highest BCUT2D eigenvalue weighted by Gasteiger charge is 2.32. The van der Waals surface area contributed by atoms with Gasteiger partial charge < -0.3 is 4.90 Å². The first-order chi connectivity index (χ1) is 16.4. The second kappa shape index (κ2) is 11.2. The van der Waals surface area contributed by atoms with Crippen LogP contribution in [0.2, 0.25) is 0 Å². The zero-order chi connectivity index (χ0) is 24.1. The zero-order valence-electron chi connectivity index (χ0n) is 20.8. The fourth-order valence-corrected chi connectivity index (χ4v) is 5.51. The van der Waals surface area contributed by atoms with Crippen molar-refractivity contribution in [1.82, 2.24) is 19.6 Å². The van der Waals surface area contributed by atoms with Gasteiger partial charge in [0.15, 0.2) is 0 Å². The summed E-state index contributed by atoms with van der Waals surface area (Å²) in [5.41, 5.74) is 4.18. The predicted molar refractivity (Wildman–Crippen MR) is 140 cm³/mol. The third-order valence-corrected chi connectivity index (χ3v) is 7.81. The maximum Gasteiger partial charge on any atom is 0.272 e. The zero-order valence-corrected chi connectivity index (χ0v) is 21.6. The number of likely N-dealkylation sites (tertiary alicyclic amines) is 1. The molecule has 6 heteroatoms. The molecule has 1 atom stereocenters. The lowest BCUT2D eigenvalue weighted by molar-refractivity contribution is 0.0575. The highest BCUT2D eigenvalue weighted by atomic mass is 32.2. The van der Waals surface area contributed by atoms with E-state index in [4.69, 9.17) is 0 Å². The van der Waals surface area contributed by atoms with Crippen LogP contribution in [0.1, 0.15) is 40.2 Å². The lowest BCUT2D eigenvalue weighted by atomic mass is 9.84. The van der Waals surface area contributed by atoms with Gasteiger partial charge in [0.1, 0.15) is 5.69 Å². The number of likely N-dealkylation sites (N-methyl/N-ethyl adjacent to an activating group) is 1. The summed E-state index contributed by atoms with van der Waals surface area (Å²) in [6.07, 6.45) is 5.19. The van der Waals surface area contributed by atoms with Crippen molar-refractivity contribution in [3.8, 4) is 0 Å². The fraction of sp³-hybridized carbons (Fsp3) is 0.429. The van der Waals surface area contributed by atoms with Crippen molar-refractivity contribution in [1.29, 1.82) is 0 Å². The number of hydrogen-bond acceptors (Lipinski definition) is 4. The smallest absolute Gasteiger partial charge is 0.272 e. The van der Waals surface area contributed by atoms with E-state index in [9.17, 15) is 4.79 Å². The van der Waals surface area contributed by atoms with Gasteiger partial charge >= 0.3 is 0 Å². The Balaban J connectivity index is 1.45. The van der Waals surface area contributed by atoms with Gasteiger partial charge in [-0.3, -0.25) is 14.4 Å². The number of piperidine rings is 1. The Morgan fingerprint density at radius 3 is 2.35 bits per heavy atom. The van der Waals surface area contributed by atoms with Crippen LogP contribution in [0, 0.1) is 12.8 Å². The Labute approximate surface area is 208 Å². The monoisotopic (exact) mass is 476 g/mol. The van der Waals surface area contributed by atoms with E-state index >= 15 is 0 Å². The standard InChI is InChI=1S/C28H36N4OS/c1-21-18-27(31(3)29-21)28(33)30(2)26(19-22-8-6-5-7-9-22)24-14-16-32(17-15-24)20-23-10-12-25(34-4)13-11-23/h5-13,18,24,26H,14-17,19-20H2,1-4H3. The summed E-state index contributed by atoms with van der Waals surface area (Å²) in [6.45, 7) is 5.05. The number of rotatable bonds is 8. The Morgan fingerprint density at radius 2 is 1.76 bits per heavy atom. The van der Waals surface area contributed by atoms with Gasteiger partial charge in [0, 0.05) is 31.6 Å². The minimum atomic E-state index is 0.0559. The molecule has 1 fully saturated rings. The van der Waals surface area contributed by atoms with Crippen molar-refractivity contribution in [2.24, 2.45) is 13.0 Å². The highest BCUT2D eigenvalue weighted by Crippen LogP contribution is 2.28. The molecule has 2 heterocycles. The molecule has 0 spiro atoms. The molecular formula is C28H36N4OS. The quantitative estimate of drug-likeness (QED) is 0.427. The number of aryl methyl sites for hydroxylation is 2. The minimum absolute atomic E-state index is 0.0559. The topological polar surface area (TPSA) is 41.4 Å². The van der Waals surface area contributed by atoms with Crippen LogP contribution in [0.4, 0.5) is 0 Å². The normalized spacial score (nSPS) is 15.9. The van der Waals surface area contributed by atoms with E-state index in [0.29, 0.717) is 11.6 Å². The number of carbonyl (C=O) groups excluding carboxylic acids is 1. The molecule has 34 heavy (non-hydrogen) atoms. The first kappa shape index (κ1) is 24.6. The predicted octanol–water partition coefficient (Wildman–Crippen LogP) is 5.05. The summed E-state index contributed by atoms with van der Waals surface area (Å²) < 4.78 is 1.71. The average Bonchev–Trinajstić information content (AvgIpc) is 3.21. The summed E-state index contributed by atoms with van der Waals surface area (Å²) in [5.74, 6) is 0.527. The number of amides is 1. The van der Waals surface area contributed by atoms with Crippen LogP contribution in [-0.4, -0.2) is 57.9 Å². The van der Waals surface area contributed by atoms with E-state index in [1.165, 1.54) is 16.0 Å². The average molecular weight is 477 g/mol. The summed E-state index contributed by atoms with van der Waals surface area (Å²) >= 11 is 1.78. The van der Waals surface area contributed by atoms with Crippen molar-refractivity contribution in [3.63, 3.8) is 0 Å². The maximum atomic E-state index is 13.5. The van der Waals surface area contributed by atoms with E-state index in [-0.39, 0.29) is 11.9 Å². The van der Waals surface area contributed by atoms with Crippen LogP contribution in [0.5, 0.6) is 0 Å². The number of benzene rings is 2. The molecule has 0 bridgehead atoms. The first-order valence-corrected chi connectivity index (χ1v) is 13.3. The van der Waals surface area contributed by atoms with Gasteiger partial charge in [-0.1, -0.05) is 42.5 Å². The molecule has 5 nitrogen and oxygen atoms in total. The molecule has 1 saturated heterocycles. The van der Waals surface area contributed by atoms with Gasteiger partial charge in [-0.05, 0) is 80.8 Å². The van der Waals surface area contributed by atoms with E-state index in [1.807, 2.05) is 32.0 Å². The van der Waals surface area contributed by atoms with Crippen LogP contribution >= 0.6 is 11.8 Å². The Bertz CT molecular complexity index is 1070. The van der Waals surface area contributed by atoms with Gasteiger partial charge in [0.2, 0.25) is 0 Å². The molecule has 180 valence electrons. The van der Waals surface area contributed by atoms with Crippen molar-refractivity contribution in [2.45, 2.75) is 43.7 Å². The van der Waals surface area contributed by atoms with E-state index in [0.717, 1.165) is 44.6 Å². The van der Waals surface area contributed by atoms with E-state index in [1.54, 1.807) is 16.4 Å². The minimum Gasteiger partial charge on any atom is -0.337 e. The lowest BCUT2D eigenvalue weighted by Crippen LogP contribution is -2.47. The van der Waals surface area contributed by atoms with Crippen molar-refractivity contribution >= 4 is 17.7 Å². The Morgan fingerprint density at radius 1 is 1.09 bits per heavy atom. The van der Waals surface area contributed by atoms with Crippen LogP contribution in [0.25, 0.3) is 0 Å². The SMILES string of the molecule is CSc1ccc(CN2CCC(C(Cc3ccccc3)N(C)C(=O)c3cc(C)nn3C)CC2)cc1. The Kier molecular flexibility index (Phi) is 8.11. The van der Waals surface area contributed by atoms with Crippen LogP contribution in [0.15, 0.2) is 65.6 Å². The number of thioether (sulfide) groups is 1. The third-order valence-electron chi connectivity index (χ3n) is 7.07. The largest absolute Gasteiger partial charge is 0.337 e. The molecule has 4 rings (SSSR count). The highest BCUT2D eigenvalue weighted by molar-refractivity contribution is 7.98. The molecule has 1 aliphatic rings. The Hall–Kier alpha value is -2.57. The van der Waals surface area contributed by atoms with Crippen LogP contribution in [0.3, 0.4) is 0 Å². The van der Waals surface area contributed by atoms with Crippen LogP contribution in [-0.2, 0) is 20.0 Å². The first-order valence-electron chi connectivity index (χ1n) is 12.1. The third kappa shape index (κ3) is 5.91. The molecule has 0 saturated carbocycles. The van der Waals surface area contributed by atoms with Crippen LogP contribution < -0.4 is 0 Å². The molecule has 1 aliphatic heterocycles. The molecule has 2 aromatic carbocycles. The number of nitrogens with zero attached hydrogens (tertiary/aromatic N) is 4. The molecule has 1 unspecified atom stereocenters. The van der Waals surface area contributed by atoms with Gasteiger partial charge in [-0.15, -0.1) is 11.8 Å². The van der Waals surface area contributed by atoms with E-state index < -0.39 is 0 Å². The van der Waals surface area contributed by atoms with Gasteiger partial charge in [0.25, 0.3) is 5.91 Å². The summed E-state index contributed by atoms with van der Waals surface area (Å²) in [5, 5.41) is 4.39. The molecule has 3 aromatic rings.